The third kappa shape index (κ3) is 2.62. The number of halogens is 2. The average molecular weight is 405 g/mol. The van der Waals surface area contributed by atoms with Crippen molar-refractivity contribution in [2.75, 3.05) is 0 Å². The van der Waals surface area contributed by atoms with Gasteiger partial charge < -0.3 is 5.32 Å². The molecule has 2 atom stereocenters. The maximum Gasteiger partial charge on any atom is 0.272 e. The van der Waals surface area contributed by atoms with Gasteiger partial charge in [0, 0.05) is 17.5 Å². The summed E-state index contributed by atoms with van der Waals surface area (Å²) in [7, 11) is 0. The fourth-order valence-electron chi connectivity index (χ4n) is 4.96. The highest BCUT2D eigenvalue weighted by Crippen LogP contribution is 2.57. The van der Waals surface area contributed by atoms with Crippen LogP contribution in [0.3, 0.4) is 0 Å². The van der Waals surface area contributed by atoms with E-state index in [0.29, 0.717) is 17.5 Å². The maximum atomic E-state index is 14.5. The number of amides is 1. The first-order chi connectivity index (χ1) is 14.4. The molecule has 6 heteroatoms. The summed E-state index contributed by atoms with van der Waals surface area (Å²) in [5.41, 5.74) is 4.32. The Balaban J connectivity index is 1.38. The number of carbonyl (C=O) groups excluding carboxylic acids is 1. The van der Waals surface area contributed by atoms with Gasteiger partial charge in [0.1, 0.15) is 11.5 Å². The molecule has 0 saturated heterocycles. The Hall–Kier alpha value is -3.02. The van der Waals surface area contributed by atoms with Crippen molar-refractivity contribution in [2.45, 2.75) is 44.1 Å². The van der Waals surface area contributed by atoms with Crippen molar-refractivity contribution < 1.29 is 13.6 Å². The molecule has 0 bridgehead atoms. The first-order valence-corrected chi connectivity index (χ1v) is 10.4. The smallest absolute Gasteiger partial charge is 0.272 e. The van der Waals surface area contributed by atoms with Crippen LogP contribution in [0.2, 0.25) is 0 Å². The maximum absolute atomic E-state index is 14.5. The monoisotopic (exact) mass is 405 g/mol. The zero-order chi connectivity index (χ0) is 20.6. The summed E-state index contributed by atoms with van der Waals surface area (Å²) >= 11 is 0. The Morgan fingerprint density at radius 3 is 2.77 bits per heavy atom. The summed E-state index contributed by atoms with van der Waals surface area (Å²) in [6.07, 6.45) is 3.62. The molecule has 6 rings (SSSR count). The molecule has 3 aliphatic carbocycles. The van der Waals surface area contributed by atoms with Crippen LogP contribution in [-0.4, -0.2) is 15.7 Å². The van der Waals surface area contributed by atoms with Crippen LogP contribution in [0.5, 0.6) is 0 Å². The summed E-state index contributed by atoms with van der Waals surface area (Å²) in [4.78, 5) is 13.3. The molecule has 1 heterocycles. The number of aromatic nitrogens is 2. The number of benzene rings is 2. The quantitative estimate of drug-likeness (QED) is 0.693. The van der Waals surface area contributed by atoms with Crippen LogP contribution in [-0.2, 0) is 12.0 Å². The third-order valence-corrected chi connectivity index (χ3v) is 6.79. The number of fused-ring (bicyclic) bond motifs is 3. The molecule has 152 valence electrons. The number of nitrogens with one attached hydrogen (secondary N) is 1. The van der Waals surface area contributed by atoms with E-state index in [2.05, 4.69) is 16.5 Å². The van der Waals surface area contributed by atoms with Crippen molar-refractivity contribution >= 4 is 5.91 Å². The summed E-state index contributed by atoms with van der Waals surface area (Å²) in [6.45, 7) is 2.04. The van der Waals surface area contributed by atoms with Gasteiger partial charge in [-0.05, 0) is 56.2 Å². The van der Waals surface area contributed by atoms with Crippen LogP contribution in [0, 0.1) is 24.5 Å². The van der Waals surface area contributed by atoms with Crippen molar-refractivity contribution in [2.24, 2.45) is 5.92 Å². The number of aryl methyl sites for hydroxylation is 1. The van der Waals surface area contributed by atoms with E-state index in [1.807, 2.05) is 25.1 Å². The second-order valence-corrected chi connectivity index (χ2v) is 8.93. The molecular formula is C24H21F2N3O. The Kier molecular flexibility index (Phi) is 3.56. The van der Waals surface area contributed by atoms with Gasteiger partial charge in [-0.1, -0.05) is 29.8 Å². The Morgan fingerprint density at radius 1 is 1.20 bits per heavy atom. The molecule has 3 aliphatic rings. The molecule has 0 unspecified atom stereocenters. The van der Waals surface area contributed by atoms with E-state index in [1.165, 1.54) is 16.8 Å². The lowest BCUT2D eigenvalue weighted by atomic mass is 10.0. The second kappa shape index (κ2) is 6.00. The van der Waals surface area contributed by atoms with Crippen LogP contribution >= 0.6 is 0 Å². The molecule has 30 heavy (non-hydrogen) atoms. The van der Waals surface area contributed by atoms with Gasteiger partial charge in [-0.3, -0.25) is 4.79 Å². The van der Waals surface area contributed by atoms with Crippen LogP contribution in [0.1, 0.15) is 58.1 Å². The normalized spacial score (nSPS) is 22.4. The molecule has 1 N–H and O–H groups in total. The van der Waals surface area contributed by atoms with Crippen LogP contribution < -0.4 is 5.32 Å². The minimum Gasteiger partial charge on any atom is -0.341 e. The summed E-state index contributed by atoms with van der Waals surface area (Å²) in [6, 6.07) is 11.7. The first-order valence-electron chi connectivity index (χ1n) is 10.4. The predicted octanol–water partition coefficient (Wildman–Crippen LogP) is 4.54. The van der Waals surface area contributed by atoms with Gasteiger partial charge in [-0.15, -0.1) is 0 Å². The van der Waals surface area contributed by atoms with Crippen LogP contribution in [0.4, 0.5) is 8.78 Å². The molecule has 4 nitrogen and oxygen atoms in total. The molecule has 3 aromatic rings. The van der Waals surface area contributed by atoms with Crippen molar-refractivity contribution in [3.63, 3.8) is 0 Å². The number of hydrogen-bond donors (Lipinski definition) is 1. The molecular weight excluding hydrogens is 384 g/mol. The van der Waals surface area contributed by atoms with Crippen molar-refractivity contribution in [3.8, 4) is 5.69 Å². The molecule has 1 aromatic heterocycles. The zero-order valence-corrected chi connectivity index (χ0v) is 16.6. The van der Waals surface area contributed by atoms with Crippen LogP contribution in [0.15, 0.2) is 42.5 Å². The molecule has 1 amide bonds. The summed E-state index contributed by atoms with van der Waals surface area (Å²) in [5, 5.41) is 7.74. The SMILES string of the molecule is Cc1cccc(C2(NC(=O)c3nn(-c4ccc(F)cc4F)c4c3C[C@H]3C[C@@H]43)CC2)c1. The topological polar surface area (TPSA) is 46.9 Å². The second-order valence-electron chi connectivity index (χ2n) is 8.93. The van der Waals surface area contributed by atoms with Gasteiger partial charge in [0.05, 0.1) is 11.2 Å². The van der Waals surface area contributed by atoms with Gasteiger partial charge in [0.2, 0.25) is 0 Å². The summed E-state index contributed by atoms with van der Waals surface area (Å²) in [5.74, 6) is -0.699. The first kappa shape index (κ1) is 17.8. The van der Waals surface area contributed by atoms with Crippen LogP contribution in [0.25, 0.3) is 5.69 Å². The fraction of sp³-hybridized carbons (Fsp3) is 0.333. The van der Waals surface area contributed by atoms with E-state index in [-0.39, 0.29) is 17.1 Å². The lowest BCUT2D eigenvalue weighted by Crippen LogP contribution is -2.35. The van der Waals surface area contributed by atoms with Crippen molar-refractivity contribution in [1.82, 2.24) is 15.1 Å². The highest BCUT2D eigenvalue weighted by molar-refractivity contribution is 5.95. The zero-order valence-electron chi connectivity index (χ0n) is 16.6. The predicted molar refractivity (Wildman–Crippen MR) is 108 cm³/mol. The average Bonchev–Trinajstić information content (AvgIpc) is 3.59. The molecule has 2 aromatic carbocycles. The van der Waals surface area contributed by atoms with Gasteiger partial charge in [0.25, 0.3) is 5.91 Å². The molecule has 0 radical (unpaired) electrons. The van der Waals surface area contributed by atoms with Crippen molar-refractivity contribution in [3.05, 3.63) is 82.2 Å². The third-order valence-electron chi connectivity index (χ3n) is 6.79. The van der Waals surface area contributed by atoms with E-state index in [4.69, 9.17) is 0 Å². The molecule has 0 spiro atoms. The highest BCUT2D eigenvalue weighted by Gasteiger charge is 2.51. The lowest BCUT2D eigenvalue weighted by molar-refractivity contribution is 0.0924. The number of nitrogens with zero attached hydrogens (tertiary/aromatic N) is 2. The number of carbonyl (C=O) groups is 1. The standard InChI is InChI=1S/C24H21F2N3O/c1-13-3-2-4-15(9-13)24(7-8-24)27-23(30)21-18-11-14-10-17(14)22(18)29(28-21)20-6-5-16(25)12-19(20)26/h2-6,9,12,14,17H,7-8,10-11H2,1H3,(H,27,30)/t14-,17-/m1/s1. The highest BCUT2D eigenvalue weighted by atomic mass is 19.1. The summed E-state index contributed by atoms with van der Waals surface area (Å²) < 4.78 is 29.4. The molecule has 0 aliphatic heterocycles. The van der Waals surface area contributed by atoms with E-state index >= 15 is 0 Å². The minimum absolute atomic E-state index is 0.194. The Morgan fingerprint density at radius 2 is 2.03 bits per heavy atom. The van der Waals surface area contributed by atoms with Gasteiger partial charge >= 0.3 is 0 Å². The minimum atomic E-state index is -0.671. The van der Waals surface area contributed by atoms with Gasteiger partial charge in [0.15, 0.2) is 11.5 Å². The van der Waals surface area contributed by atoms with Crippen molar-refractivity contribution in [1.29, 1.82) is 0 Å². The largest absolute Gasteiger partial charge is 0.341 e. The van der Waals surface area contributed by atoms with Gasteiger partial charge in [-0.25, -0.2) is 13.5 Å². The Bertz CT molecular complexity index is 1210. The van der Waals surface area contributed by atoms with E-state index < -0.39 is 11.6 Å². The Labute approximate surface area is 172 Å². The van der Waals surface area contributed by atoms with E-state index in [1.54, 1.807) is 0 Å². The van der Waals surface area contributed by atoms with Gasteiger partial charge in [-0.2, -0.15) is 5.10 Å². The molecule has 2 fully saturated rings. The lowest BCUT2D eigenvalue weighted by Gasteiger charge is -2.18. The van der Waals surface area contributed by atoms with E-state index in [9.17, 15) is 13.6 Å². The molecule has 2 saturated carbocycles. The number of hydrogen-bond acceptors (Lipinski definition) is 2. The number of rotatable bonds is 4. The van der Waals surface area contributed by atoms with E-state index in [0.717, 1.165) is 54.1 Å². The fourth-order valence-corrected chi connectivity index (χ4v) is 4.96.